The second-order valence-corrected chi connectivity index (χ2v) is 1.50. The van der Waals surface area contributed by atoms with E-state index in [2.05, 4.69) is 19.2 Å². The first-order valence-corrected chi connectivity index (χ1v) is 1.52. The zero-order valence-electron chi connectivity index (χ0n) is 2.65. The second kappa shape index (κ2) is 5.09. The summed E-state index contributed by atoms with van der Waals surface area (Å²) in [6, 6.07) is 0. The van der Waals surface area contributed by atoms with Crippen LogP contribution in [0.25, 0.3) is 0 Å². The van der Waals surface area contributed by atoms with E-state index in [0.29, 0.717) is 0 Å². The van der Waals surface area contributed by atoms with Crippen LogP contribution in [0.5, 0.6) is 0 Å². The summed E-state index contributed by atoms with van der Waals surface area (Å²) in [7, 11) is 0. The molecule has 0 spiro atoms. The van der Waals surface area contributed by atoms with E-state index < -0.39 is 0 Å². The standard InChI is InChI=1S/C3H6S.Na.H/c1-3(2)4;;/h4H,1H2,2H3;;. The molecule has 0 aromatic heterocycles. The third kappa shape index (κ3) is 40.9. The van der Waals surface area contributed by atoms with Gasteiger partial charge >= 0.3 is 29.6 Å². The maximum absolute atomic E-state index is 3.77. The van der Waals surface area contributed by atoms with E-state index in [9.17, 15) is 0 Å². The molecule has 0 rings (SSSR count). The van der Waals surface area contributed by atoms with E-state index in [0.717, 1.165) is 4.91 Å². The molecule has 0 atom stereocenters. The fourth-order valence-electron chi connectivity index (χ4n) is 0. The van der Waals surface area contributed by atoms with Gasteiger partial charge in [0.1, 0.15) is 0 Å². The van der Waals surface area contributed by atoms with Gasteiger partial charge < -0.3 is 0 Å². The predicted octanol–water partition coefficient (Wildman–Crippen LogP) is 0.801. The topological polar surface area (TPSA) is 0 Å². The zero-order chi connectivity index (χ0) is 3.58. The zero-order valence-corrected chi connectivity index (χ0v) is 3.55. The van der Waals surface area contributed by atoms with E-state index in [1.165, 1.54) is 0 Å². The quantitative estimate of drug-likeness (QED) is 0.336. The molecule has 0 aliphatic rings. The molecular formula is C3H7NaS. The third-order valence-corrected chi connectivity index (χ3v) is 0. The first-order chi connectivity index (χ1) is 1.73. The Kier molecular flexibility index (Phi) is 9.60. The first-order valence-electron chi connectivity index (χ1n) is 1.08. The minimum absolute atomic E-state index is 0. The molecule has 0 N–H and O–H groups in total. The Balaban J connectivity index is 0. The molecule has 0 bridgehead atoms. The number of allylic oxidation sites excluding steroid dienone is 1. The summed E-state index contributed by atoms with van der Waals surface area (Å²) in [6.07, 6.45) is 0. The van der Waals surface area contributed by atoms with Crippen LogP contribution < -0.4 is 0 Å². The summed E-state index contributed by atoms with van der Waals surface area (Å²) < 4.78 is 0. The van der Waals surface area contributed by atoms with Crippen molar-refractivity contribution < 1.29 is 0 Å². The van der Waals surface area contributed by atoms with Gasteiger partial charge in [-0.3, -0.25) is 0 Å². The molecule has 5 heavy (non-hydrogen) atoms. The van der Waals surface area contributed by atoms with E-state index in [-0.39, 0.29) is 29.6 Å². The van der Waals surface area contributed by atoms with Gasteiger partial charge in [-0.25, -0.2) is 0 Å². The Morgan fingerprint density at radius 3 is 1.80 bits per heavy atom. The Labute approximate surface area is 60.3 Å². The molecule has 0 unspecified atom stereocenters. The molecule has 26 valence electrons. The molecular weight excluding hydrogens is 91.1 g/mol. The molecule has 0 saturated heterocycles. The molecule has 0 aliphatic carbocycles. The molecule has 0 saturated carbocycles. The summed E-state index contributed by atoms with van der Waals surface area (Å²) in [5.74, 6) is 0. The fourth-order valence-corrected chi connectivity index (χ4v) is 0. The van der Waals surface area contributed by atoms with Gasteiger partial charge in [0.15, 0.2) is 0 Å². The molecule has 0 amide bonds. The van der Waals surface area contributed by atoms with Gasteiger partial charge in [-0.2, -0.15) is 0 Å². The molecule has 0 aromatic carbocycles. The minimum atomic E-state index is 0. The van der Waals surface area contributed by atoms with E-state index >= 15 is 0 Å². The Morgan fingerprint density at radius 1 is 1.80 bits per heavy atom. The Hall–Kier alpha value is 1.09. The molecule has 0 nitrogen and oxygen atoms in total. The van der Waals surface area contributed by atoms with E-state index in [1.807, 2.05) is 6.92 Å². The van der Waals surface area contributed by atoms with Crippen molar-refractivity contribution in [3.05, 3.63) is 11.5 Å². The van der Waals surface area contributed by atoms with Crippen molar-refractivity contribution in [2.24, 2.45) is 0 Å². The van der Waals surface area contributed by atoms with Gasteiger partial charge in [0.05, 0.1) is 0 Å². The molecule has 0 fully saturated rings. The van der Waals surface area contributed by atoms with Crippen LogP contribution >= 0.6 is 12.6 Å². The fraction of sp³-hybridized carbons (Fsp3) is 0.333. The third-order valence-electron chi connectivity index (χ3n) is 0. The normalized spacial score (nSPS) is 5.20. The maximum atomic E-state index is 3.77. The summed E-state index contributed by atoms with van der Waals surface area (Å²) in [5, 5.41) is 0. The molecule has 0 heterocycles. The summed E-state index contributed by atoms with van der Waals surface area (Å²) in [6.45, 7) is 5.26. The molecule has 2 heteroatoms. The van der Waals surface area contributed by atoms with Gasteiger partial charge in [-0.05, 0) is 11.8 Å². The van der Waals surface area contributed by atoms with E-state index in [1.54, 1.807) is 0 Å². The second-order valence-electron chi connectivity index (χ2n) is 0.735. The van der Waals surface area contributed by atoms with Crippen LogP contribution in [0.15, 0.2) is 11.5 Å². The van der Waals surface area contributed by atoms with Crippen LogP contribution in [0.3, 0.4) is 0 Å². The van der Waals surface area contributed by atoms with Crippen LogP contribution in [-0.4, -0.2) is 29.6 Å². The average Bonchev–Trinajstić information content (AvgIpc) is 0.811. The number of hydrogen-bond acceptors (Lipinski definition) is 1. The van der Waals surface area contributed by atoms with Crippen molar-refractivity contribution in [3.8, 4) is 0 Å². The Bertz CT molecular complexity index is 29.9. The molecule has 0 radical (unpaired) electrons. The van der Waals surface area contributed by atoms with Crippen molar-refractivity contribution >= 4 is 42.2 Å². The number of hydrogen-bond donors (Lipinski definition) is 1. The molecule has 0 aromatic rings. The number of rotatable bonds is 0. The first kappa shape index (κ1) is 9.43. The summed E-state index contributed by atoms with van der Waals surface area (Å²) in [4.78, 5) is 0.861. The Morgan fingerprint density at radius 2 is 1.80 bits per heavy atom. The van der Waals surface area contributed by atoms with Gasteiger partial charge in [-0.1, -0.05) is 6.58 Å². The van der Waals surface area contributed by atoms with Crippen LogP contribution in [0.4, 0.5) is 0 Å². The van der Waals surface area contributed by atoms with Gasteiger partial charge in [0.25, 0.3) is 0 Å². The number of thiol groups is 1. The van der Waals surface area contributed by atoms with E-state index in [4.69, 9.17) is 0 Å². The van der Waals surface area contributed by atoms with Crippen molar-refractivity contribution in [1.82, 2.24) is 0 Å². The van der Waals surface area contributed by atoms with Crippen LogP contribution in [0.2, 0.25) is 0 Å². The summed E-state index contributed by atoms with van der Waals surface area (Å²) in [5.41, 5.74) is 0. The molecule has 0 aliphatic heterocycles. The average molecular weight is 98.1 g/mol. The summed E-state index contributed by atoms with van der Waals surface area (Å²) >= 11 is 3.77. The predicted molar refractivity (Wildman–Crippen MR) is 30.9 cm³/mol. The van der Waals surface area contributed by atoms with Crippen molar-refractivity contribution in [2.45, 2.75) is 6.92 Å². The van der Waals surface area contributed by atoms with Gasteiger partial charge in [0, 0.05) is 0 Å². The van der Waals surface area contributed by atoms with Gasteiger partial charge in [-0.15, -0.1) is 12.6 Å². The van der Waals surface area contributed by atoms with Crippen LogP contribution in [0.1, 0.15) is 6.92 Å². The van der Waals surface area contributed by atoms with Crippen molar-refractivity contribution in [2.75, 3.05) is 0 Å². The van der Waals surface area contributed by atoms with Crippen molar-refractivity contribution in [1.29, 1.82) is 0 Å². The SMILES string of the molecule is C=C(C)S.[NaH]. The van der Waals surface area contributed by atoms with Crippen LogP contribution in [0, 0.1) is 0 Å². The van der Waals surface area contributed by atoms with Crippen LogP contribution in [-0.2, 0) is 0 Å². The van der Waals surface area contributed by atoms with Gasteiger partial charge in [0.2, 0.25) is 0 Å². The van der Waals surface area contributed by atoms with Crippen molar-refractivity contribution in [3.63, 3.8) is 0 Å². The monoisotopic (exact) mass is 98.0 g/mol.